The third kappa shape index (κ3) is 7.94. The molecule has 140 valence electrons. The van der Waals surface area contributed by atoms with Crippen molar-refractivity contribution in [3.05, 3.63) is 30.4 Å². The van der Waals surface area contributed by atoms with Crippen molar-refractivity contribution in [1.29, 1.82) is 0 Å². The van der Waals surface area contributed by atoms with E-state index in [0.29, 0.717) is 36.9 Å². The summed E-state index contributed by atoms with van der Waals surface area (Å²) in [5, 5.41) is 8.70. The minimum absolute atomic E-state index is 0.134. The van der Waals surface area contributed by atoms with E-state index >= 15 is 0 Å². The molecule has 0 fully saturated rings. The summed E-state index contributed by atoms with van der Waals surface area (Å²) in [5.74, 6) is 1.17. The summed E-state index contributed by atoms with van der Waals surface area (Å²) in [7, 11) is 3.24. The van der Waals surface area contributed by atoms with E-state index in [9.17, 15) is 4.79 Å². The Balaban J connectivity index is 2.79. The zero-order valence-corrected chi connectivity index (χ0v) is 15.4. The molecule has 0 heterocycles. The lowest BCUT2D eigenvalue weighted by Gasteiger charge is -2.22. The van der Waals surface area contributed by atoms with E-state index in [2.05, 4.69) is 0 Å². The van der Waals surface area contributed by atoms with Crippen LogP contribution in [0.15, 0.2) is 30.4 Å². The Kier molecular flexibility index (Phi) is 9.47. The van der Waals surface area contributed by atoms with Crippen LogP contribution in [0.5, 0.6) is 17.2 Å². The molecule has 0 aromatic heterocycles. The summed E-state index contributed by atoms with van der Waals surface area (Å²) in [6.07, 6.45) is 3.90. The van der Waals surface area contributed by atoms with Gasteiger partial charge in [-0.2, -0.15) is 0 Å². The highest BCUT2D eigenvalue weighted by Gasteiger charge is 2.15. The highest BCUT2D eigenvalue weighted by molar-refractivity contribution is 5.79. The third-order valence-corrected chi connectivity index (χ3v) is 3.55. The van der Waals surface area contributed by atoms with Crippen LogP contribution in [0, 0.1) is 5.92 Å². The Morgan fingerprint density at radius 1 is 1.20 bits per heavy atom. The molecule has 1 aromatic carbocycles. The average Bonchev–Trinajstić information content (AvgIpc) is 2.57. The number of carboxylic acids is 1. The summed E-state index contributed by atoms with van der Waals surface area (Å²) >= 11 is 0. The Bertz CT molecular complexity index is 553. The van der Waals surface area contributed by atoms with Gasteiger partial charge >= 0.3 is 5.97 Å². The van der Waals surface area contributed by atoms with Crippen molar-refractivity contribution in [2.45, 2.75) is 32.8 Å². The summed E-state index contributed by atoms with van der Waals surface area (Å²) in [6, 6.07) is 5.41. The van der Waals surface area contributed by atoms with E-state index in [0.717, 1.165) is 12.5 Å². The Morgan fingerprint density at radius 3 is 2.56 bits per heavy atom. The van der Waals surface area contributed by atoms with Crippen molar-refractivity contribution in [3.63, 3.8) is 0 Å². The molecule has 1 rings (SSSR count). The largest absolute Gasteiger partial charge is 0.493 e. The molecule has 0 radical (unpaired) electrons. The second-order valence-corrected chi connectivity index (χ2v) is 5.88. The van der Waals surface area contributed by atoms with Crippen LogP contribution >= 0.6 is 0 Å². The standard InChI is InChI=1S/C19H28O6/c1-14(2)16(7-5-8-19(20)21)25-15-9-10-17(23-4)18(13-15)24-12-6-11-22-3/h5,8-10,13-14,16H,6-7,11-12H2,1-4H3,(H,20,21)/b8-5+/t16-/m0/s1. The normalized spacial score (nSPS) is 12.4. The third-order valence-electron chi connectivity index (χ3n) is 3.55. The van der Waals surface area contributed by atoms with Crippen LogP contribution in [0.4, 0.5) is 0 Å². The predicted molar refractivity (Wildman–Crippen MR) is 95.6 cm³/mol. The second-order valence-electron chi connectivity index (χ2n) is 5.88. The number of hydrogen-bond donors (Lipinski definition) is 1. The molecule has 0 aliphatic heterocycles. The van der Waals surface area contributed by atoms with Gasteiger partial charge in [-0.25, -0.2) is 4.79 Å². The van der Waals surface area contributed by atoms with Crippen LogP contribution in [0.1, 0.15) is 26.7 Å². The van der Waals surface area contributed by atoms with Crippen molar-refractivity contribution < 1.29 is 28.8 Å². The molecule has 1 N–H and O–H groups in total. The maximum atomic E-state index is 10.6. The monoisotopic (exact) mass is 352 g/mol. The van der Waals surface area contributed by atoms with E-state index < -0.39 is 5.97 Å². The molecule has 1 atom stereocenters. The number of rotatable bonds is 12. The van der Waals surface area contributed by atoms with Gasteiger partial charge in [-0.15, -0.1) is 0 Å². The predicted octanol–water partition coefficient (Wildman–Crippen LogP) is 3.54. The first-order valence-electron chi connectivity index (χ1n) is 8.33. The van der Waals surface area contributed by atoms with Crippen molar-refractivity contribution in [2.24, 2.45) is 5.92 Å². The number of ether oxygens (including phenoxy) is 4. The highest BCUT2D eigenvalue weighted by Crippen LogP contribution is 2.32. The topological polar surface area (TPSA) is 74.2 Å². The molecule has 0 aliphatic carbocycles. The summed E-state index contributed by atoms with van der Waals surface area (Å²) in [6.45, 7) is 5.21. The van der Waals surface area contributed by atoms with E-state index in [1.807, 2.05) is 19.9 Å². The molecule has 0 amide bonds. The van der Waals surface area contributed by atoms with Gasteiger partial charge in [-0.1, -0.05) is 19.9 Å². The van der Waals surface area contributed by atoms with Crippen molar-refractivity contribution in [3.8, 4) is 17.2 Å². The molecule has 1 aromatic rings. The summed E-state index contributed by atoms with van der Waals surface area (Å²) in [5.41, 5.74) is 0. The van der Waals surface area contributed by atoms with Gasteiger partial charge in [0, 0.05) is 38.7 Å². The maximum Gasteiger partial charge on any atom is 0.327 e. The highest BCUT2D eigenvalue weighted by atomic mass is 16.5. The van der Waals surface area contributed by atoms with E-state index in [4.69, 9.17) is 24.1 Å². The molecular weight excluding hydrogens is 324 g/mol. The number of aliphatic carboxylic acids is 1. The van der Waals surface area contributed by atoms with Gasteiger partial charge in [-0.05, 0) is 18.1 Å². The van der Waals surface area contributed by atoms with Crippen LogP contribution in [-0.4, -0.2) is 44.6 Å². The molecule has 0 aliphatic rings. The lowest BCUT2D eigenvalue weighted by molar-refractivity contribution is -0.131. The quantitative estimate of drug-likeness (QED) is 0.458. The second kappa shape index (κ2) is 11.4. The smallest absolute Gasteiger partial charge is 0.327 e. The fourth-order valence-corrected chi connectivity index (χ4v) is 2.16. The Labute approximate surface area is 149 Å². The molecule has 0 bridgehead atoms. The minimum Gasteiger partial charge on any atom is -0.493 e. The number of hydrogen-bond acceptors (Lipinski definition) is 5. The van der Waals surface area contributed by atoms with Crippen molar-refractivity contribution >= 4 is 5.97 Å². The first kappa shape index (κ1) is 20.8. The fraction of sp³-hybridized carbons (Fsp3) is 0.526. The molecule has 0 saturated carbocycles. The molecule has 0 saturated heterocycles. The van der Waals surface area contributed by atoms with E-state index in [-0.39, 0.29) is 12.0 Å². The number of carboxylic acid groups (broad SMARTS) is 1. The van der Waals surface area contributed by atoms with Crippen molar-refractivity contribution in [1.82, 2.24) is 0 Å². The fourth-order valence-electron chi connectivity index (χ4n) is 2.16. The molecule has 0 spiro atoms. The first-order chi connectivity index (χ1) is 12.0. The maximum absolute atomic E-state index is 10.6. The zero-order chi connectivity index (χ0) is 18.7. The zero-order valence-electron chi connectivity index (χ0n) is 15.4. The molecule has 0 unspecified atom stereocenters. The molecule has 6 nitrogen and oxygen atoms in total. The number of benzene rings is 1. The van der Waals surface area contributed by atoms with Gasteiger partial charge < -0.3 is 24.1 Å². The van der Waals surface area contributed by atoms with Crippen molar-refractivity contribution in [2.75, 3.05) is 27.4 Å². The summed E-state index contributed by atoms with van der Waals surface area (Å²) < 4.78 is 22.1. The van der Waals surface area contributed by atoms with Crippen LogP contribution in [0.25, 0.3) is 0 Å². The van der Waals surface area contributed by atoms with Gasteiger partial charge in [0.05, 0.1) is 13.7 Å². The lowest BCUT2D eigenvalue weighted by atomic mass is 10.0. The minimum atomic E-state index is -0.960. The van der Waals surface area contributed by atoms with E-state index in [1.54, 1.807) is 32.4 Å². The van der Waals surface area contributed by atoms with Gasteiger partial charge in [0.2, 0.25) is 0 Å². The molecule has 6 heteroatoms. The SMILES string of the molecule is COCCCOc1cc(O[C@@H](C/C=C/C(=O)O)C(C)C)ccc1OC. The Hall–Kier alpha value is -2.21. The lowest BCUT2D eigenvalue weighted by Crippen LogP contribution is -2.22. The van der Waals surface area contributed by atoms with Crippen LogP contribution in [0.3, 0.4) is 0 Å². The molecule has 25 heavy (non-hydrogen) atoms. The van der Waals surface area contributed by atoms with Crippen LogP contribution < -0.4 is 14.2 Å². The van der Waals surface area contributed by atoms with Crippen LogP contribution in [0.2, 0.25) is 0 Å². The Morgan fingerprint density at radius 2 is 1.96 bits per heavy atom. The van der Waals surface area contributed by atoms with Gasteiger partial charge in [0.25, 0.3) is 0 Å². The van der Waals surface area contributed by atoms with Gasteiger partial charge in [0.15, 0.2) is 11.5 Å². The van der Waals surface area contributed by atoms with E-state index in [1.165, 1.54) is 0 Å². The average molecular weight is 352 g/mol. The van der Waals surface area contributed by atoms with Crippen LogP contribution in [-0.2, 0) is 9.53 Å². The number of carbonyl (C=O) groups is 1. The number of methoxy groups -OCH3 is 2. The summed E-state index contributed by atoms with van der Waals surface area (Å²) in [4.78, 5) is 10.6. The van der Waals surface area contributed by atoms with Gasteiger partial charge in [-0.3, -0.25) is 0 Å². The molecular formula is C19H28O6. The van der Waals surface area contributed by atoms with Gasteiger partial charge in [0.1, 0.15) is 11.9 Å². The first-order valence-corrected chi connectivity index (χ1v) is 8.33.